The molecule has 0 saturated carbocycles. The Kier molecular flexibility index (Phi) is 7.30. The standard InChI is InChI=1S/C19H23N3O5/c1-24-15-8-6-5-7-14(15)20-12-17(23)22-21-11-13-9-10-16(25-2)19(27-4)18(13)26-3/h5-11,20H,12H2,1-4H3,(H,22,23)/b21-11-. The first-order valence-electron chi connectivity index (χ1n) is 8.12. The Balaban J connectivity index is 1.99. The van der Waals surface area contributed by atoms with Gasteiger partial charge >= 0.3 is 0 Å². The van der Waals surface area contributed by atoms with Gasteiger partial charge in [-0.2, -0.15) is 5.10 Å². The van der Waals surface area contributed by atoms with Gasteiger partial charge in [-0.25, -0.2) is 5.43 Å². The van der Waals surface area contributed by atoms with Crippen LogP contribution in [-0.4, -0.2) is 47.1 Å². The molecule has 0 unspecified atom stereocenters. The minimum atomic E-state index is -0.309. The van der Waals surface area contributed by atoms with Crippen molar-refractivity contribution in [2.45, 2.75) is 0 Å². The van der Waals surface area contributed by atoms with Gasteiger partial charge in [0.2, 0.25) is 5.75 Å². The summed E-state index contributed by atoms with van der Waals surface area (Å²) in [6.45, 7) is 0.0424. The normalized spacial score (nSPS) is 10.4. The van der Waals surface area contributed by atoms with Crippen LogP contribution in [0.15, 0.2) is 41.5 Å². The molecule has 0 saturated heterocycles. The van der Waals surface area contributed by atoms with E-state index in [-0.39, 0.29) is 12.5 Å². The van der Waals surface area contributed by atoms with E-state index in [1.54, 1.807) is 26.4 Å². The molecule has 2 aromatic carbocycles. The van der Waals surface area contributed by atoms with Crippen LogP contribution in [-0.2, 0) is 4.79 Å². The molecule has 2 N–H and O–H groups in total. The lowest BCUT2D eigenvalue weighted by atomic mass is 10.2. The largest absolute Gasteiger partial charge is 0.495 e. The van der Waals surface area contributed by atoms with Crippen molar-refractivity contribution in [1.29, 1.82) is 0 Å². The van der Waals surface area contributed by atoms with E-state index in [2.05, 4.69) is 15.8 Å². The van der Waals surface area contributed by atoms with Crippen LogP contribution in [0.1, 0.15) is 5.56 Å². The molecule has 0 aliphatic carbocycles. The highest BCUT2D eigenvalue weighted by molar-refractivity contribution is 5.88. The lowest BCUT2D eigenvalue weighted by molar-refractivity contribution is -0.119. The van der Waals surface area contributed by atoms with Crippen molar-refractivity contribution >= 4 is 17.8 Å². The van der Waals surface area contributed by atoms with Crippen molar-refractivity contribution in [3.05, 3.63) is 42.0 Å². The van der Waals surface area contributed by atoms with Gasteiger partial charge in [0.25, 0.3) is 5.91 Å². The Hall–Kier alpha value is -3.42. The Morgan fingerprint density at radius 1 is 0.926 bits per heavy atom. The number of nitrogens with one attached hydrogen (secondary N) is 2. The van der Waals surface area contributed by atoms with Gasteiger partial charge in [0, 0.05) is 5.56 Å². The molecule has 2 aromatic rings. The van der Waals surface area contributed by atoms with E-state index in [0.29, 0.717) is 28.6 Å². The van der Waals surface area contributed by atoms with Crippen LogP contribution >= 0.6 is 0 Å². The van der Waals surface area contributed by atoms with Crippen molar-refractivity contribution in [3.8, 4) is 23.0 Å². The zero-order valence-corrected chi connectivity index (χ0v) is 15.7. The second-order valence-electron chi connectivity index (χ2n) is 5.27. The van der Waals surface area contributed by atoms with E-state index < -0.39 is 0 Å². The van der Waals surface area contributed by atoms with Crippen LogP contribution in [0, 0.1) is 0 Å². The van der Waals surface area contributed by atoms with Crippen molar-refractivity contribution in [1.82, 2.24) is 5.43 Å². The number of amides is 1. The maximum atomic E-state index is 12.0. The van der Waals surface area contributed by atoms with Crippen molar-refractivity contribution in [3.63, 3.8) is 0 Å². The average molecular weight is 373 g/mol. The molecule has 0 heterocycles. The van der Waals surface area contributed by atoms with E-state index in [4.69, 9.17) is 18.9 Å². The maximum absolute atomic E-state index is 12.0. The van der Waals surface area contributed by atoms with Gasteiger partial charge in [0.1, 0.15) is 5.75 Å². The first-order valence-corrected chi connectivity index (χ1v) is 8.12. The number of hydrazone groups is 1. The second kappa shape index (κ2) is 9.91. The van der Waals surface area contributed by atoms with Crippen LogP contribution in [0.3, 0.4) is 0 Å². The quantitative estimate of drug-likeness (QED) is 0.518. The minimum absolute atomic E-state index is 0.0424. The Morgan fingerprint density at radius 2 is 1.63 bits per heavy atom. The Morgan fingerprint density at radius 3 is 2.30 bits per heavy atom. The number of carbonyl (C=O) groups is 1. The number of methoxy groups -OCH3 is 4. The predicted octanol–water partition coefficient (Wildman–Crippen LogP) is 2.28. The zero-order valence-electron chi connectivity index (χ0n) is 15.7. The molecule has 0 aliphatic rings. The van der Waals surface area contributed by atoms with Gasteiger partial charge in [-0.05, 0) is 24.3 Å². The van der Waals surface area contributed by atoms with Gasteiger partial charge in [-0.1, -0.05) is 12.1 Å². The number of ether oxygens (including phenoxy) is 4. The minimum Gasteiger partial charge on any atom is -0.495 e. The number of hydrogen-bond donors (Lipinski definition) is 2. The predicted molar refractivity (Wildman–Crippen MR) is 103 cm³/mol. The van der Waals surface area contributed by atoms with Crippen LogP contribution < -0.4 is 29.7 Å². The van der Waals surface area contributed by atoms with E-state index in [1.165, 1.54) is 20.4 Å². The fraction of sp³-hybridized carbons (Fsp3) is 0.263. The highest BCUT2D eigenvalue weighted by Gasteiger charge is 2.14. The number of nitrogens with zero attached hydrogens (tertiary/aromatic N) is 1. The second-order valence-corrected chi connectivity index (χ2v) is 5.27. The molecule has 0 spiro atoms. The molecule has 8 nitrogen and oxygen atoms in total. The number of hydrogen-bond acceptors (Lipinski definition) is 7. The molecular weight excluding hydrogens is 350 g/mol. The fourth-order valence-electron chi connectivity index (χ4n) is 2.41. The van der Waals surface area contributed by atoms with Crippen LogP contribution in [0.5, 0.6) is 23.0 Å². The monoisotopic (exact) mass is 373 g/mol. The fourth-order valence-corrected chi connectivity index (χ4v) is 2.41. The molecular formula is C19H23N3O5. The summed E-state index contributed by atoms with van der Waals surface area (Å²) in [5.41, 5.74) is 3.81. The van der Waals surface area contributed by atoms with Crippen LogP contribution in [0.25, 0.3) is 0 Å². The summed E-state index contributed by atoms with van der Waals surface area (Å²) in [6.07, 6.45) is 1.47. The SMILES string of the molecule is COc1ccccc1NCC(=O)N/N=C\c1ccc(OC)c(OC)c1OC. The maximum Gasteiger partial charge on any atom is 0.259 e. The molecule has 0 bridgehead atoms. The summed E-state index contributed by atoms with van der Waals surface area (Å²) in [4.78, 5) is 12.0. The number of rotatable bonds is 9. The molecule has 2 rings (SSSR count). The van der Waals surface area contributed by atoms with E-state index in [0.717, 1.165) is 5.69 Å². The molecule has 0 aromatic heterocycles. The summed E-state index contributed by atoms with van der Waals surface area (Å²) < 4.78 is 21.1. The molecule has 0 radical (unpaired) electrons. The molecule has 8 heteroatoms. The Bertz CT molecular complexity index is 808. The van der Waals surface area contributed by atoms with Gasteiger partial charge in [-0.15, -0.1) is 0 Å². The zero-order chi connectivity index (χ0) is 19.6. The van der Waals surface area contributed by atoms with E-state index in [9.17, 15) is 4.79 Å². The molecule has 0 aliphatic heterocycles. The Labute approximate surface area is 158 Å². The van der Waals surface area contributed by atoms with Crippen LogP contribution in [0.2, 0.25) is 0 Å². The van der Waals surface area contributed by atoms with Crippen molar-refractivity contribution < 1.29 is 23.7 Å². The molecule has 0 atom stereocenters. The summed E-state index contributed by atoms with van der Waals surface area (Å²) in [5.74, 6) is 1.80. The van der Waals surface area contributed by atoms with Crippen LogP contribution in [0.4, 0.5) is 5.69 Å². The number of benzene rings is 2. The molecule has 144 valence electrons. The third-order valence-corrected chi connectivity index (χ3v) is 3.67. The van der Waals surface area contributed by atoms with Gasteiger partial charge in [-0.3, -0.25) is 4.79 Å². The first kappa shape index (κ1) is 19.9. The molecule has 27 heavy (non-hydrogen) atoms. The summed E-state index contributed by atoms with van der Waals surface area (Å²) in [6, 6.07) is 10.8. The third-order valence-electron chi connectivity index (χ3n) is 3.67. The van der Waals surface area contributed by atoms with Crippen molar-refractivity contribution in [2.24, 2.45) is 5.10 Å². The highest BCUT2D eigenvalue weighted by atomic mass is 16.5. The highest BCUT2D eigenvalue weighted by Crippen LogP contribution is 2.38. The number of anilines is 1. The van der Waals surface area contributed by atoms with E-state index >= 15 is 0 Å². The number of carbonyl (C=O) groups excluding carboxylic acids is 1. The number of para-hydroxylation sites is 2. The summed E-state index contributed by atoms with van der Waals surface area (Å²) in [5, 5.41) is 6.96. The van der Waals surface area contributed by atoms with Gasteiger partial charge in [0.05, 0.1) is 46.9 Å². The summed E-state index contributed by atoms with van der Waals surface area (Å²) in [7, 11) is 6.15. The smallest absolute Gasteiger partial charge is 0.259 e. The third kappa shape index (κ3) is 5.04. The summed E-state index contributed by atoms with van der Waals surface area (Å²) >= 11 is 0. The van der Waals surface area contributed by atoms with Gasteiger partial charge < -0.3 is 24.3 Å². The average Bonchev–Trinajstić information content (AvgIpc) is 2.71. The lowest BCUT2D eigenvalue weighted by Crippen LogP contribution is -2.26. The topological polar surface area (TPSA) is 90.4 Å². The lowest BCUT2D eigenvalue weighted by Gasteiger charge is -2.13. The van der Waals surface area contributed by atoms with E-state index in [1.807, 2.05) is 24.3 Å². The van der Waals surface area contributed by atoms with Crippen molar-refractivity contribution in [2.75, 3.05) is 40.3 Å². The molecule has 1 amide bonds. The van der Waals surface area contributed by atoms with Gasteiger partial charge in [0.15, 0.2) is 11.5 Å². The first-order chi connectivity index (χ1) is 13.1. The molecule has 0 fully saturated rings.